The maximum absolute atomic E-state index is 13.4. The van der Waals surface area contributed by atoms with E-state index < -0.39 is 0 Å². The van der Waals surface area contributed by atoms with Crippen molar-refractivity contribution in [2.45, 2.75) is 44.9 Å². The molecule has 1 aliphatic carbocycles. The monoisotopic (exact) mass is 412 g/mol. The highest BCUT2D eigenvalue weighted by atomic mass is 16.5. The van der Waals surface area contributed by atoms with Crippen LogP contribution in [0.2, 0.25) is 0 Å². The van der Waals surface area contributed by atoms with Crippen molar-refractivity contribution >= 4 is 5.78 Å². The molecule has 3 nitrogen and oxygen atoms in total. The fourth-order valence-corrected chi connectivity index (χ4v) is 4.68. The minimum Gasteiger partial charge on any atom is -0.494 e. The second-order valence-electron chi connectivity index (χ2n) is 8.71. The summed E-state index contributed by atoms with van der Waals surface area (Å²) in [5.41, 5.74) is 6.71. The Morgan fingerprint density at radius 2 is 1.84 bits per heavy atom. The molecule has 1 heterocycles. The number of aryl methyl sites for hydroxylation is 1. The lowest BCUT2D eigenvalue weighted by molar-refractivity contribution is -0.120. The molecule has 0 spiro atoms. The van der Waals surface area contributed by atoms with Crippen LogP contribution in [-0.2, 0) is 23.1 Å². The highest BCUT2D eigenvalue weighted by Crippen LogP contribution is 2.50. The van der Waals surface area contributed by atoms with Crippen LogP contribution in [-0.4, -0.2) is 19.0 Å². The number of carbonyl (C=O) groups excluding carboxylic acids is 1. The molecule has 3 heteroatoms. The summed E-state index contributed by atoms with van der Waals surface area (Å²) in [6, 6.07) is 20.9. The van der Waals surface area contributed by atoms with E-state index in [2.05, 4.69) is 49.4 Å². The second-order valence-corrected chi connectivity index (χ2v) is 8.71. The Labute approximate surface area is 184 Å². The van der Waals surface area contributed by atoms with Crippen LogP contribution in [0.3, 0.4) is 0 Å². The van der Waals surface area contributed by atoms with E-state index in [0.717, 1.165) is 48.5 Å². The van der Waals surface area contributed by atoms with E-state index >= 15 is 0 Å². The van der Waals surface area contributed by atoms with Gasteiger partial charge in [0.05, 0.1) is 18.6 Å². The second kappa shape index (κ2) is 7.88. The van der Waals surface area contributed by atoms with Crippen molar-refractivity contribution in [3.05, 3.63) is 82.9 Å². The molecular formula is C28H28O3. The lowest BCUT2D eigenvalue weighted by atomic mass is 9.86. The average molecular weight is 413 g/mol. The highest BCUT2D eigenvalue weighted by molar-refractivity contribution is 5.95. The predicted molar refractivity (Wildman–Crippen MR) is 123 cm³/mol. The van der Waals surface area contributed by atoms with E-state index in [1.165, 1.54) is 22.3 Å². The Bertz CT molecular complexity index is 1120. The number of hydrogen-bond acceptors (Lipinski definition) is 3. The van der Waals surface area contributed by atoms with Gasteiger partial charge in [0.25, 0.3) is 0 Å². The van der Waals surface area contributed by atoms with Crippen molar-refractivity contribution in [3.8, 4) is 22.6 Å². The maximum atomic E-state index is 13.4. The van der Waals surface area contributed by atoms with Gasteiger partial charge in [0.1, 0.15) is 17.3 Å². The highest BCUT2D eigenvalue weighted by Gasteiger charge is 2.50. The smallest absolute Gasteiger partial charge is 0.147 e. The standard InChI is InChI=1S/C28H28O3/c1-3-30-24-9-6-21(7-10-24)25-16-20(5-4-19(25)2)17-27(29)28(13-14-28)23-8-11-26-22(18-23)12-15-31-26/h4-11,16,18H,3,12-15,17H2,1-2H3. The van der Waals surface area contributed by atoms with Gasteiger partial charge in [-0.25, -0.2) is 0 Å². The van der Waals surface area contributed by atoms with Gasteiger partial charge in [-0.3, -0.25) is 4.79 Å². The lowest BCUT2D eigenvalue weighted by Gasteiger charge is -2.17. The summed E-state index contributed by atoms with van der Waals surface area (Å²) >= 11 is 0. The molecule has 1 saturated carbocycles. The Balaban J connectivity index is 1.38. The van der Waals surface area contributed by atoms with E-state index in [1.54, 1.807) is 0 Å². The third-order valence-corrected chi connectivity index (χ3v) is 6.67. The number of ether oxygens (including phenoxy) is 2. The molecular weight excluding hydrogens is 384 g/mol. The Kier molecular flexibility index (Phi) is 5.05. The summed E-state index contributed by atoms with van der Waals surface area (Å²) in [5, 5.41) is 0. The van der Waals surface area contributed by atoms with Crippen LogP contribution in [0.25, 0.3) is 11.1 Å². The van der Waals surface area contributed by atoms with E-state index in [0.29, 0.717) is 18.8 Å². The van der Waals surface area contributed by atoms with Crippen molar-refractivity contribution in [2.75, 3.05) is 13.2 Å². The van der Waals surface area contributed by atoms with Crippen molar-refractivity contribution < 1.29 is 14.3 Å². The van der Waals surface area contributed by atoms with E-state index in [4.69, 9.17) is 9.47 Å². The fraction of sp³-hybridized carbons (Fsp3) is 0.321. The molecule has 3 aromatic carbocycles. The Hall–Kier alpha value is -3.07. The fourth-order valence-electron chi connectivity index (χ4n) is 4.68. The zero-order chi connectivity index (χ0) is 21.4. The van der Waals surface area contributed by atoms with Crippen LogP contribution in [0.1, 0.15) is 42.0 Å². The zero-order valence-electron chi connectivity index (χ0n) is 18.2. The van der Waals surface area contributed by atoms with Crippen LogP contribution < -0.4 is 9.47 Å². The zero-order valence-corrected chi connectivity index (χ0v) is 18.2. The van der Waals surface area contributed by atoms with Crippen molar-refractivity contribution in [2.24, 2.45) is 0 Å². The van der Waals surface area contributed by atoms with Crippen molar-refractivity contribution in [1.29, 1.82) is 0 Å². The molecule has 0 saturated heterocycles. The normalized spacial score (nSPS) is 15.8. The van der Waals surface area contributed by atoms with Crippen LogP contribution in [0.5, 0.6) is 11.5 Å². The quantitative estimate of drug-likeness (QED) is 0.489. The van der Waals surface area contributed by atoms with Gasteiger partial charge in [0, 0.05) is 12.8 Å². The minimum atomic E-state index is -0.304. The average Bonchev–Trinajstić information content (AvgIpc) is 3.47. The van der Waals surface area contributed by atoms with Gasteiger partial charge < -0.3 is 9.47 Å². The first-order chi connectivity index (χ1) is 15.1. The number of Topliss-reactive ketones (excluding diaryl/α,β-unsaturated/α-hetero) is 1. The molecule has 2 aliphatic rings. The SMILES string of the molecule is CCOc1ccc(-c2cc(CC(=O)C3(c4ccc5c(c4)CCO5)CC3)ccc2C)cc1. The molecule has 1 aliphatic heterocycles. The van der Waals surface area contributed by atoms with Crippen molar-refractivity contribution in [3.63, 3.8) is 0 Å². The number of rotatable bonds is 7. The van der Waals surface area contributed by atoms with Crippen molar-refractivity contribution in [1.82, 2.24) is 0 Å². The number of fused-ring (bicyclic) bond motifs is 1. The molecule has 0 bridgehead atoms. The van der Waals surface area contributed by atoms with Gasteiger partial charge in [0.15, 0.2) is 0 Å². The van der Waals surface area contributed by atoms with E-state index in [-0.39, 0.29) is 5.41 Å². The molecule has 0 N–H and O–H groups in total. The molecule has 1 fully saturated rings. The van der Waals surface area contributed by atoms with Gasteiger partial charge in [-0.05, 0) is 78.3 Å². The van der Waals surface area contributed by atoms with Gasteiger partial charge in [-0.2, -0.15) is 0 Å². The first kappa shape index (κ1) is 19.9. The molecule has 0 radical (unpaired) electrons. The molecule has 5 rings (SSSR count). The van der Waals surface area contributed by atoms with Gasteiger partial charge in [-0.1, -0.05) is 42.5 Å². The third kappa shape index (κ3) is 3.74. The summed E-state index contributed by atoms with van der Waals surface area (Å²) in [6.07, 6.45) is 3.31. The molecule has 158 valence electrons. The maximum Gasteiger partial charge on any atom is 0.147 e. The van der Waals surface area contributed by atoms with E-state index in [9.17, 15) is 4.79 Å². The van der Waals surface area contributed by atoms with Crippen LogP contribution in [0, 0.1) is 6.92 Å². The molecule has 0 unspecified atom stereocenters. The van der Waals surface area contributed by atoms with Gasteiger partial charge in [-0.15, -0.1) is 0 Å². The largest absolute Gasteiger partial charge is 0.494 e. The Morgan fingerprint density at radius 3 is 2.58 bits per heavy atom. The van der Waals surface area contributed by atoms with E-state index in [1.807, 2.05) is 25.1 Å². The number of hydrogen-bond donors (Lipinski definition) is 0. The molecule has 0 aromatic heterocycles. The van der Waals surface area contributed by atoms with Gasteiger partial charge in [0.2, 0.25) is 0 Å². The minimum absolute atomic E-state index is 0.304. The number of carbonyl (C=O) groups is 1. The summed E-state index contributed by atoms with van der Waals surface area (Å²) in [7, 11) is 0. The number of ketones is 1. The first-order valence-electron chi connectivity index (χ1n) is 11.2. The van der Waals surface area contributed by atoms with Gasteiger partial charge >= 0.3 is 0 Å². The van der Waals surface area contributed by atoms with Crippen LogP contribution in [0.15, 0.2) is 60.7 Å². The first-order valence-corrected chi connectivity index (χ1v) is 11.2. The molecule has 3 aromatic rings. The predicted octanol–water partition coefficient (Wildman–Crippen LogP) is 5.84. The molecule has 0 amide bonds. The topological polar surface area (TPSA) is 35.5 Å². The summed E-state index contributed by atoms with van der Waals surface area (Å²) < 4.78 is 11.2. The Morgan fingerprint density at radius 1 is 1.03 bits per heavy atom. The summed E-state index contributed by atoms with van der Waals surface area (Å²) in [6.45, 7) is 5.51. The third-order valence-electron chi connectivity index (χ3n) is 6.67. The van der Waals surface area contributed by atoms with Crippen LogP contribution >= 0.6 is 0 Å². The molecule has 31 heavy (non-hydrogen) atoms. The van der Waals surface area contributed by atoms with Crippen LogP contribution in [0.4, 0.5) is 0 Å². The summed E-state index contributed by atoms with van der Waals surface area (Å²) in [4.78, 5) is 13.4. The molecule has 0 atom stereocenters. The number of benzene rings is 3. The lowest BCUT2D eigenvalue weighted by Crippen LogP contribution is -2.22. The summed E-state index contributed by atoms with van der Waals surface area (Å²) in [5.74, 6) is 2.18.